The lowest BCUT2D eigenvalue weighted by Crippen LogP contribution is -2.56. The molecule has 7 heteroatoms. The van der Waals surface area contributed by atoms with E-state index in [9.17, 15) is 14.4 Å². The number of rotatable bonds is 5. The Morgan fingerprint density at radius 1 is 0.970 bits per heavy atom. The first-order valence-electron chi connectivity index (χ1n) is 11.9. The van der Waals surface area contributed by atoms with E-state index in [1.807, 2.05) is 48.7 Å². The summed E-state index contributed by atoms with van der Waals surface area (Å²) < 4.78 is 1.85. The van der Waals surface area contributed by atoms with Crippen molar-refractivity contribution < 1.29 is 9.59 Å². The SMILES string of the molecule is CC(C)c1ccc(NC(=O)[C@@H](NC(=O)N2C[C@@H]3C[C@@H](C2)c2cccc(=O)n2C3)C(C)C)cc1. The summed E-state index contributed by atoms with van der Waals surface area (Å²) in [5.41, 5.74) is 2.96. The van der Waals surface area contributed by atoms with Gasteiger partial charge in [0.2, 0.25) is 5.91 Å². The Balaban J connectivity index is 1.42. The Morgan fingerprint density at radius 3 is 2.36 bits per heavy atom. The van der Waals surface area contributed by atoms with E-state index in [1.54, 1.807) is 17.0 Å². The molecule has 2 aromatic rings. The van der Waals surface area contributed by atoms with Crippen molar-refractivity contribution in [2.45, 2.75) is 58.5 Å². The van der Waals surface area contributed by atoms with Crippen molar-refractivity contribution >= 4 is 17.6 Å². The number of hydrogen-bond donors (Lipinski definition) is 2. The smallest absolute Gasteiger partial charge is 0.318 e. The lowest BCUT2D eigenvalue weighted by Gasteiger charge is -2.43. The summed E-state index contributed by atoms with van der Waals surface area (Å²) in [5, 5.41) is 5.91. The molecule has 3 heterocycles. The molecule has 3 amide bonds. The molecule has 3 atom stereocenters. The Kier molecular flexibility index (Phi) is 6.58. The highest BCUT2D eigenvalue weighted by molar-refractivity contribution is 5.97. The van der Waals surface area contributed by atoms with Gasteiger partial charge in [-0.25, -0.2) is 4.79 Å². The summed E-state index contributed by atoms with van der Waals surface area (Å²) in [7, 11) is 0. The van der Waals surface area contributed by atoms with Crippen LogP contribution in [0.15, 0.2) is 47.3 Å². The highest BCUT2D eigenvalue weighted by Gasteiger charge is 2.37. The number of carbonyl (C=O) groups is 2. The van der Waals surface area contributed by atoms with Gasteiger partial charge in [0.25, 0.3) is 5.56 Å². The molecule has 2 bridgehead atoms. The lowest BCUT2D eigenvalue weighted by atomic mass is 9.83. The molecule has 7 nitrogen and oxygen atoms in total. The van der Waals surface area contributed by atoms with Gasteiger partial charge >= 0.3 is 6.03 Å². The second-order valence-corrected chi connectivity index (χ2v) is 10.0. The summed E-state index contributed by atoms with van der Waals surface area (Å²) in [4.78, 5) is 40.2. The first kappa shape index (κ1) is 23.1. The maximum atomic E-state index is 13.2. The molecule has 2 N–H and O–H groups in total. The van der Waals surface area contributed by atoms with E-state index in [4.69, 9.17) is 0 Å². The van der Waals surface area contributed by atoms with Crippen LogP contribution in [0.4, 0.5) is 10.5 Å². The van der Waals surface area contributed by atoms with Crippen LogP contribution in [0.5, 0.6) is 0 Å². The number of piperidine rings is 1. The molecule has 0 spiro atoms. The molecular weight excluding hydrogens is 416 g/mol. The zero-order valence-corrected chi connectivity index (χ0v) is 19.9. The van der Waals surface area contributed by atoms with E-state index in [1.165, 1.54) is 5.56 Å². The molecule has 1 aromatic heterocycles. The van der Waals surface area contributed by atoms with Crippen LogP contribution < -0.4 is 16.2 Å². The van der Waals surface area contributed by atoms with Gasteiger partial charge in [-0.3, -0.25) is 9.59 Å². The molecule has 0 saturated carbocycles. The van der Waals surface area contributed by atoms with Crippen LogP contribution in [0.2, 0.25) is 0 Å². The number of fused-ring (bicyclic) bond motifs is 4. The minimum Gasteiger partial charge on any atom is -0.326 e. The number of pyridine rings is 1. The fraction of sp³-hybridized carbons (Fsp3) is 0.500. The standard InChI is InChI=1S/C26H34N4O3/c1-16(2)19-8-10-21(11-9-19)27-25(32)24(17(3)4)28-26(33)29-13-18-12-20(15-29)22-6-5-7-23(31)30(22)14-18/h5-11,16-18,20,24H,12-15H2,1-4H3,(H,27,32)(H,28,33)/t18-,20-,24-/m0/s1. The van der Waals surface area contributed by atoms with E-state index in [0.717, 1.165) is 17.8 Å². The first-order valence-corrected chi connectivity index (χ1v) is 11.9. The van der Waals surface area contributed by atoms with Gasteiger partial charge < -0.3 is 20.1 Å². The lowest BCUT2D eigenvalue weighted by molar-refractivity contribution is -0.118. The first-order chi connectivity index (χ1) is 15.7. The Bertz CT molecular complexity index is 1070. The number of carbonyl (C=O) groups excluding carboxylic acids is 2. The predicted molar refractivity (Wildman–Crippen MR) is 129 cm³/mol. The zero-order valence-electron chi connectivity index (χ0n) is 19.9. The predicted octanol–water partition coefficient (Wildman–Crippen LogP) is 3.76. The summed E-state index contributed by atoms with van der Waals surface area (Å²) >= 11 is 0. The van der Waals surface area contributed by atoms with E-state index < -0.39 is 6.04 Å². The molecule has 176 valence electrons. The Morgan fingerprint density at radius 2 is 1.70 bits per heavy atom. The average Bonchev–Trinajstić information content (AvgIpc) is 2.78. The van der Waals surface area contributed by atoms with E-state index in [2.05, 4.69) is 24.5 Å². The maximum Gasteiger partial charge on any atom is 0.318 e. The number of nitrogens with zero attached hydrogens (tertiary/aromatic N) is 2. The third-order valence-electron chi connectivity index (χ3n) is 6.84. The van der Waals surface area contributed by atoms with Gasteiger partial charge in [-0.1, -0.05) is 45.9 Å². The molecule has 1 aromatic carbocycles. The van der Waals surface area contributed by atoms with Crippen LogP contribution in [0.1, 0.15) is 57.2 Å². The van der Waals surface area contributed by atoms with Gasteiger partial charge in [-0.2, -0.15) is 0 Å². The monoisotopic (exact) mass is 450 g/mol. The average molecular weight is 451 g/mol. The largest absolute Gasteiger partial charge is 0.326 e. The molecule has 1 saturated heterocycles. The molecule has 0 aliphatic carbocycles. The van der Waals surface area contributed by atoms with Gasteiger partial charge in [0.05, 0.1) is 0 Å². The number of urea groups is 1. The van der Waals surface area contributed by atoms with Crippen molar-refractivity contribution in [3.63, 3.8) is 0 Å². The number of anilines is 1. The van der Waals surface area contributed by atoms with E-state index >= 15 is 0 Å². The second kappa shape index (κ2) is 9.41. The fourth-order valence-electron chi connectivity index (χ4n) is 4.99. The van der Waals surface area contributed by atoms with Gasteiger partial charge in [0.1, 0.15) is 6.04 Å². The number of hydrogen-bond acceptors (Lipinski definition) is 3. The number of nitrogens with one attached hydrogen (secondary N) is 2. The van der Waals surface area contributed by atoms with E-state index in [0.29, 0.717) is 25.6 Å². The van der Waals surface area contributed by atoms with Crippen LogP contribution in [-0.4, -0.2) is 40.5 Å². The summed E-state index contributed by atoms with van der Waals surface area (Å²) in [6.45, 7) is 9.89. The van der Waals surface area contributed by atoms with Gasteiger partial charge in [0, 0.05) is 43.0 Å². The molecule has 2 aliphatic heterocycles. The highest BCUT2D eigenvalue weighted by atomic mass is 16.2. The molecule has 0 unspecified atom stereocenters. The topological polar surface area (TPSA) is 83.4 Å². The Labute approximate surface area is 195 Å². The van der Waals surface area contributed by atoms with E-state index in [-0.39, 0.29) is 35.3 Å². The number of likely N-dealkylation sites (tertiary alicyclic amines) is 1. The molecule has 33 heavy (non-hydrogen) atoms. The quantitative estimate of drug-likeness (QED) is 0.728. The summed E-state index contributed by atoms with van der Waals surface area (Å²) in [6.07, 6.45) is 0.980. The third-order valence-corrected chi connectivity index (χ3v) is 6.84. The van der Waals surface area contributed by atoms with Crippen LogP contribution in [0, 0.1) is 11.8 Å². The van der Waals surface area contributed by atoms with Crippen molar-refractivity contribution in [3.05, 3.63) is 64.1 Å². The van der Waals surface area contributed by atoms with Gasteiger partial charge in [-0.15, -0.1) is 0 Å². The number of amides is 3. The van der Waals surface area contributed by atoms with Crippen molar-refractivity contribution in [1.29, 1.82) is 0 Å². The summed E-state index contributed by atoms with van der Waals surface area (Å²) in [5.74, 6) is 0.528. The highest BCUT2D eigenvalue weighted by Crippen LogP contribution is 2.35. The maximum absolute atomic E-state index is 13.2. The minimum absolute atomic E-state index is 0.0260. The van der Waals surface area contributed by atoms with Crippen molar-refractivity contribution in [2.75, 3.05) is 18.4 Å². The number of aromatic nitrogens is 1. The van der Waals surface area contributed by atoms with Crippen LogP contribution in [0.3, 0.4) is 0 Å². The van der Waals surface area contributed by atoms with Gasteiger partial charge in [0.15, 0.2) is 0 Å². The third kappa shape index (κ3) is 4.97. The van der Waals surface area contributed by atoms with Crippen molar-refractivity contribution in [3.8, 4) is 0 Å². The van der Waals surface area contributed by atoms with Gasteiger partial charge in [-0.05, 0) is 47.9 Å². The normalized spacial score (nSPS) is 20.4. The minimum atomic E-state index is -0.640. The Hall–Kier alpha value is -3.09. The van der Waals surface area contributed by atoms with Crippen LogP contribution in [0.25, 0.3) is 0 Å². The van der Waals surface area contributed by atoms with Crippen LogP contribution in [-0.2, 0) is 11.3 Å². The number of benzene rings is 1. The molecular formula is C26H34N4O3. The molecule has 0 radical (unpaired) electrons. The molecule has 4 rings (SSSR count). The molecule has 2 aliphatic rings. The van der Waals surface area contributed by atoms with Crippen LogP contribution >= 0.6 is 0 Å². The zero-order chi connectivity index (χ0) is 23.7. The molecule has 1 fully saturated rings. The van der Waals surface area contributed by atoms with Crippen molar-refractivity contribution in [2.24, 2.45) is 11.8 Å². The van der Waals surface area contributed by atoms with Crippen molar-refractivity contribution in [1.82, 2.24) is 14.8 Å². The fourth-order valence-corrected chi connectivity index (χ4v) is 4.99. The second-order valence-electron chi connectivity index (χ2n) is 10.0. The summed E-state index contributed by atoms with van der Waals surface area (Å²) in [6, 6.07) is 12.3.